The standard InChI is InChI=1S/C18H24N4O3/c1-24-16-5-4-14(12-17(16)25-2)20-18(23)13-21-10-6-15(7-11-21)22-9-3-8-19-22/h3-5,8-9,12,15H,6-7,10-11,13H2,1-2H3,(H,20,23). The van der Waals surface area contributed by atoms with Crippen LogP contribution in [-0.4, -0.2) is 54.4 Å². The Morgan fingerprint density at radius 3 is 2.64 bits per heavy atom. The van der Waals surface area contributed by atoms with Crippen molar-refractivity contribution in [3.8, 4) is 11.5 Å². The van der Waals surface area contributed by atoms with Crippen molar-refractivity contribution in [2.45, 2.75) is 18.9 Å². The molecule has 2 heterocycles. The van der Waals surface area contributed by atoms with Crippen LogP contribution in [0.25, 0.3) is 0 Å². The van der Waals surface area contributed by atoms with E-state index in [1.54, 1.807) is 26.4 Å². The zero-order valence-electron chi connectivity index (χ0n) is 14.6. The van der Waals surface area contributed by atoms with E-state index in [0.717, 1.165) is 25.9 Å². The minimum Gasteiger partial charge on any atom is -0.493 e. The van der Waals surface area contributed by atoms with Gasteiger partial charge in [-0.2, -0.15) is 5.10 Å². The molecule has 1 N–H and O–H groups in total. The number of piperidine rings is 1. The number of anilines is 1. The zero-order valence-corrected chi connectivity index (χ0v) is 14.6. The molecular formula is C18H24N4O3. The van der Waals surface area contributed by atoms with Crippen molar-refractivity contribution in [1.82, 2.24) is 14.7 Å². The van der Waals surface area contributed by atoms with Crippen LogP contribution in [0, 0.1) is 0 Å². The van der Waals surface area contributed by atoms with Crippen LogP contribution in [0.15, 0.2) is 36.7 Å². The van der Waals surface area contributed by atoms with E-state index < -0.39 is 0 Å². The Labute approximate surface area is 147 Å². The lowest BCUT2D eigenvalue weighted by atomic mass is 10.1. The largest absolute Gasteiger partial charge is 0.493 e. The molecule has 7 heteroatoms. The summed E-state index contributed by atoms with van der Waals surface area (Å²) in [7, 11) is 3.16. The Kier molecular flexibility index (Phi) is 5.55. The highest BCUT2D eigenvalue weighted by atomic mass is 16.5. The minimum atomic E-state index is -0.0234. The third-order valence-corrected chi connectivity index (χ3v) is 4.49. The van der Waals surface area contributed by atoms with Crippen molar-refractivity contribution in [3.05, 3.63) is 36.7 Å². The Morgan fingerprint density at radius 1 is 1.24 bits per heavy atom. The second kappa shape index (κ2) is 8.02. The summed E-state index contributed by atoms with van der Waals surface area (Å²) in [5.41, 5.74) is 0.703. The number of likely N-dealkylation sites (tertiary alicyclic amines) is 1. The van der Waals surface area contributed by atoms with Crippen LogP contribution in [0.1, 0.15) is 18.9 Å². The molecule has 1 amide bonds. The summed E-state index contributed by atoms with van der Waals surface area (Å²) in [6.07, 6.45) is 5.82. The lowest BCUT2D eigenvalue weighted by Crippen LogP contribution is -2.39. The van der Waals surface area contributed by atoms with Crippen LogP contribution in [0.4, 0.5) is 5.69 Å². The summed E-state index contributed by atoms with van der Waals surface area (Å²) < 4.78 is 12.5. The molecule has 2 aromatic rings. The van der Waals surface area contributed by atoms with Crippen molar-refractivity contribution in [3.63, 3.8) is 0 Å². The molecule has 134 valence electrons. The van der Waals surface area contributed by atoms with Gasteiger partial charge in [-0.05, 0) is 31.0 Å². The molecule has 0 bridgehead atoms. The van der Waals surface area contributed by atoms with Crippen LogP contribution >= 0.6 is 0 Å². The first kappa shape index (κ1) is 17.3. The van der Waals surface area contributed by atoms with Crippen molar-refractivity contribution in [1.29, 1.82) is 0 Å². The van der Waals surface area contributed by atoms with Crippen molar-refractivity contribution < 1.29 is 14.3 Å². The summed E-state index contributed by atoms with van der Waals surface area (Å²) in [6.45, 7) is 2.17. The van der Waals surface area contributed by atoms with Gasteiger partial charge >= 0.3 is 0 Å². The van der Waals surface area contributed by atoms with Gasteiger partial charge < -0.3 is 14.8 Å². The van der Waals surface area contributed by atoms with Crippen molar-refractivity contribution >= 4 is 11.6 Å². The summed E-state index contributed by atoms with van der Waals surface area (Å²) in [5, 5.41) is 7.23. The number of methoxy groups -OCH3 is 2. The second-order valence-electron chi connectivity index (χ2n) is 6.11. The third-order valence-electron chi connectivity index (χ3n) is 4.49. The second-order valence-corrected chi connectivity index (χ2v) is 6.11. The molecule has 1 aliphatic rings. The number of aromatic nitrogens is 2. The first-order valence-electron chi connectivity index (χ1n) is 8.43. The number of carbonyl (C=O) groups is 1. The number of rotatable bonds is 6. The molecule has 1 saturated heterocycles. The highest BCUT2D eigenvalue weighted by molar-refractivity contribution is 5.92. The van der Waals surface area contributed by atoms with Gasteiger partial charge in [0.05, 0.1) is 26.8 Å². The maximum absolute atomic E-state index is 12.3. The molecular weight excluding hydrogens is 320 g/mol. The first-order chi connectivity index (χ1) is 12.2. The number of carbonyl (C=O) groups excluding carboxylic acids is 1. The van der Waals surface area contributed by atoms with Crippen LogP contribution in [0.5, 0.6) is 11.5 Å². The van der Waals surface area contributed by atoms with Gasteiger partial charge in [0.25, 0.3) is 0 Å². The highest BCUT2D eigenvalue weighted by Crippen LogP contribution is 2.29. The average Bonchev–Trinajstić information content (AvgIpc) is 3.17. The van der Waals surface area contributed by atoms with E-state index in [1.807, 2.05) is 29.2 Å². The summed E-state index contributed by atoms with van der Waals surface area (Å²) in [5.74, 6) is 1.21. The Balaban J connectivity index is 1.50. The van der Waals surface area contributed by atoms with Crippen LogP contribution in [0.2, 0.25) is 0 Å². The Bertz CT molecular complexity index is 694. The first-order valence-corrected chi connectivity index (χ1v) is 8.43. The zero-order chi connectivity index (χ0) is 17.6. The van der Waals surface area contributed by atoms with E-state index in [9.17, 15) is 4.79 Å². The predicted octanol–water partition coefficient (Wildman–Crippen LogP) is 2.18. The van der Waals surface area contributed by atoms with Gasteiger partial charge in [0.2, 0.25) is 5.91 Å². The monoisotopic (exact) mass is 344 g/mol. The van der Waals surface area contributed by atoms with Gasteiger partial charge in [-0.15, -0.1) is 0 Å². The summed E-state index contributed by atoms with van der Waals surface area (Å²) in [4.78, 5) is 14.5. The predicted molar refractivity (Wildman–Crippen MR) is 95.1 cm³/mol. The maximum atomic E-state index is 12.3. The third kappa shape index (κ3) is 4.30. The molecule has 0 radical (unpaired) electrons. The lowest BCUT2D eigenvalue weighted by molar-refractivity contribution is -0.117. The van der Waals surface area contributed by atoms with E-state index in [4.69, 9.17) is 9.47 Å². The van der Waals surface area contributed by atoms with Gasteiger partial charge in [0, 0.05) is 37.2 Å². The Morgan fingerprint density at radius 2 is 2.00 bits per heavy atom. The molecule has 1 fully saturated rings. The van der Waals surface area contributed by atoms with Crippen LogP contribution in [-0.2, 0) is 4.79 Å². The maximum Gasteiger partial charge on any atom is 0.238 e. The number of benzene rings is 1. The number of hydrogen-bond acceptors (Lipinski definition) is 5. The molecule has 0 spiro atoms. The van der Waals surface area contributed by atoms with Gasteiger partial charge in [0.15, 0.2) is 11.5 Å². The number of ether oxygens (including phenoxy) is 2. The molecule has 25 heavy (non-hydrogen) atoms. The van der Waals surface area contributed by atoms with E-state index in [2.05, 4.69) is 15.3 Å². The van der Waals surface area contributed by atoms with E-state index >= 15 is 0 Å². The summed E-state index contributed by atoms with van der Waals surface area (Å²) >= 11 is 0. The topological polar surface area (TPSA) is 68.6 Å². The lowest BCUT2D eigenvalue weighted by Gasteiger charge is -2.31. The average molecular weight is 344 g/mol. The molecule has 7 nitrogen and oxygen atoms in total. The normalized spacial score (nSPS) is 15.8. The SMILES string of the molecule is COc1ccc(NC(=O)CN2CCC(n3cccn3)CC2)cc1OC. The van der Waals surface area contributed by atoms with Gasteiger partial charge in [0.1, 0.15) is 0 Å². The quantitative estimate of drug-likeness (QED) is 0.870. The van der Waals surface area contributed by atoms with Crippen LogP contribution in [0.3, 0.4) is 0 Å². The molecule has 0 saturated carbocycles. The van der Waals surface area contributed by atoms with E-state index in [-0.39, 0.29) is 5.91 Å². The fraction of sp³-hybridized carbons (Fsp3) is 0.444. The van der Waals surface area contributed by atoms with Gasteiger partial charge in [-0.1, -0.05) is 0 Å². The van der Waals surface area contributed by atoms with Crippen LogP contribution < -0.4 is 14.8 Å². The van der Waals surface area contributed by atoms with Gasteiger partial charge in [-0.25, -0.2) is 0 Å². The molecule has 1 aromatic carbocycles. The van der Waals surface area contributed by atoms with Crippen molar-refractivity contribution in [2.75, 3.05) is 39.2 Å². The molecule has 3 rings (SSSR count). The molecule has 1 aromatic heterocycles. The smallest absolute Gasteiger partial charge is 0.238 e. The number of amides is 1. The fourth-order valence-electron chi connectivity index (χ4n) is 3.16. The number of hydrogen-bond donors (Lipinski definition) is 1. The van der Waals surface area contributed by atoms with Gasteiger partial charge in [-0.3, -0.25) is 14.4 Å². The minimum absolute atomic E-state index is 0.0234. The summed E-state index contributed by atoms with van der Waals surface area (Å²) in [6, 6.07) is 7.73. The highest BCUT2D eigenvalue weighted by Gasteiger charge is 2.22. The molecule has 0 atom stereocenters. The number of nitrogens with one attached hydrogen (secondary N) is 1. The Hall–Kier alpha value is -2.54. The molecule has 0 unspecified atom stereocenters. The van der Waals surface area contributed by atoms with E-state index in [1.165, 1.54) is 0 Å². The molecule has 0 aliphatic carbocycles. The number of nitrogens with zero attached hydrogens (tertiary/aromatic N) is 3. The van der Waals surface area contributed by atoms with E-state index in [0.29, 0.717) is 29.8 Å². The fourth-order valence-corrected chi connectivity index (χ4v) is 3.16. The molecule has 1 aliphatic heterocycles. The van der Waals surface area contributed by atoms with Crippen molar-refractivity contribution in [2.24, 2.45) is 0 Å².